The molecule has 0 aliphatic rings. The first-order valence-corrected chi connectivity index (χ1v) is 5.97. The van der Waals surface area contributed by atoms with E-state index < -0.39 is 11.7 Å². The predicted octanol–water partition coefficient (Wildman–Crippen LogP) is 4.00. The van der Waals surface area contributed by atoms with Crippen molar-refractivity contribution < 1.29 is 13.2 Å². The molecule has 19 heavy (non-hydrogen) atoms. The first-order valence-electron chi connectivity index (χ1n) is 5.97. The zero-order chi connectivity index (χ0) is 13.7. The van der Waals surface area contributed by atoms with Crippen LogP contribution in [0.25, 0.3) is 0 Å². The van der Waals surface area contributed by atoms with Gasteiger partial charge in [0.25, 0.3) is 0 Å². The highest BCUT2D eigenvalue weighted by molar-refractivity contribution is 5.29. The minimum atomic E-state index is -4.30. The molecule has 1 N–H and O–H groups in total. The van der Waals surface area contributed by atoms with Crippen LogP contribution in [0.1, 0.15) is 16.7 Å². The maximum Gasteiger partial charge on any atom is 0.416 e. The minimum Gasteiger partial charge on any atom is -0.309 e. The van der Waals surface area contributed by atoms with Crippen molar-refractivity contribution in [2.24, 2.45) is 0 Å². The Balaban J connectivity index is 2.00. The number of halogens is 3. The summed E-state index contributed by atoms with van der Waals surface area (Å²) in [5.41, 5.74) is 0.744. The number of hydrogen-bond acceptors (Lipinski definition) is 1. The van der Waals surface area contributed by atoms with Gasteiger partial charge in [0, 0.05) is 13.1 Å². The average Bonchev–Trinajstić information content (AvgIpc) is 2.39. The van der Waals surface area contributed by atoms with Crippen LogP contribution in [0.2, 0.25) is 0 Å². The molecule has 0 heterocycles. The summed E-state index contributed by atoms with van der Waals surface area (Å²) in [7, 11) is 0. The standard InChI is InChI=1S/C15H14F3N/c16-15(17,18)14-9-5-4-8-13(14)11-19-10-12-6-2-1-3-7-12/h1-9,19H,10-11H2. The number of rotatable bonds is 4. The van der Waals surface area contributed by atoms with Crippen LogP contribution in [0.4, 0.5) is 13.2 Å². The Kier molecular flexibility index (Phi) is 4.22. The van der Waals surface area contributed by atoms with Crippen molar-refractivity contribution >= 4 is 0 Å². The maximum absolute atomic E-state index is 12.8. The summed E-state index contributed by atoms with van der Waals surface area (Å²) >= 11 is 0. The third-order valence-electron chi connectivity index (χ3n) is 2.81. The van der Waals surface area contributed by atoms with Gasteiger partial charge in [-0.25, -0.2) is 0 Å². The third-order valence-corrected chi connectivity index (χ3v) is 2.81. The third kappa shape index (κ3) is 3.83. The minimum absolute atomic E-state index is 0.199. The molecule has 0 spiro atoms. The summed E-state index contributed by atoms with van der Waals surface area (Å²) in [6.45, 7) is 0.748. The van der Waals surface area contributed by atoms with Gasteiger partial charge in [-0.3, -0.25) is 0 Å². The average molecular weight is 265 g/mol. The van der Waals surface area contributed by atoms with Crippen LogP contribution in [-0.4, -0.2) is 0 Å². The molecule has 0 saturated carbocycles. The maximum atomic E-state index is 12.8. The molecule has 100 valence electrons. The largest absolute Gasteiger partial charge is 0.416 e. The topological polar surface area (TPSA) is 12.0 Å². The van der Waals surface area contributed by atoms with E-state index in [2.05, 4.69) is 5.32 Å². The summed E-state index contributed by atoms with van der Waals surface area (Å²) < 4.78 is 38.3. The highest BCUT2D eigenvalue weighted by Gasteiger charge is 2.32. The lowest BCUT2D eigenvalue weighted by Crippen LogP contribution is -2.17. The molecule has 0 aromatic heterocycles. The lowest BCUT2D eigenvalue weighted by atomic mass is 10.1. The van der Waals surface area contributed by atoms with Gasteiger partial charge in [0.2, 0.25) is 0 Å². The number of hydrogen-bond donors (Lipinski definition) is 1. The summed E-state index contributed by atoms with van der Waals surface area (Å²) in [4.78, 5) is 0. The molecule has 4 heteroatoms. The zero-order valence-corrected chi connectivity index (χ0v) is 10.2. The highest BCUT2D eigenvalue weighted by atomic mass is 19.4. The highest BCUT2D eigenvalue weighted by Crippen LogP contribution is 2.31. The van der Waals surface area contributed by atoms with Crippen LogP contribution in [0.5, 0.6) is 0 Å². The van der Waals surface area contributed by atoms with Gasteiger partial charge in [-0.15, -0.1) is 0 Å². The number of alkyl halides is 3. The predicted molar refractivity (Wildman–Crippen MR) is 68.4 cm³/mol. The van der Waals surface area contributed by atoms with Gasteiger partial charge < -0.3 is 5.32 Å². The van der Waals surface area contributed by atoms with E-state index >= 15 is 0 Å². The molecule has 1 nitrogen and oxygen atoms in total. The van der Waals surface area contributed by atoms with Crippen LogP contribution in [0, 0.1) is 0 Å². The molecule has 0 bridgehead atoms. The first-order chi connectivity index (χ1) is 9.07. The Morgan fingerprint density at radius 1 is 0.789 bits per heavy atom. The molecule has 0 amide bonds. The van der Waals surface area contributed by atoms with E-state index in [-0.39, 0.29) is 12.1 Å². The van der Waals surface area contributed by atoms with E-state index in [1.165, 1.54) is 12.1 Å². The van der Waals surface area contributed by atoms with Crippen molar-refractivity contribution in [3.8, 4) is 0 Å². The molecule has 0 fully saturated rings. The van der Waals surface area contributed by atoms with E-state index in [0.29, 0.717) is 6.54 Å². The van der Waals surface area contributed by atoms with E-state index in [4.69, 9.17) is 0 Å². The zero-order valence-electron chi connectivity index (χ0n) is 10.2. The lowest BCUT2D eigenvalue weighted by molar-refractivity contribution is -0.138. The second-order valence-electron chi connectivity index (χ2n) is 4.24. The molecule has 0 radical (unpaired) electrons. The number of nitrogens with one attached hydrogen (secondary N) is 1. The van der Waals surface area contributed by atoms with Gasteiger partial charge in [-0.1, -0.05) is 48.5 Å². The summed E-state index contributed by atoms with van der Waals surface area (Å²) in [5.74, 6) is 0. The first kappa shape index (κ1) is 13.6. The van der Waals surface area contributed by atoms with Gasteiger partial charge in [-0.05, 0) is 17.2 Å². The Morgan fingerprint density at radius 2 is 1.42 bits per heavy atom. The summed E-state index contributed by atoms with van der Waals surface area (Å²) in [5, 5.41) is 3.03. The fourth-order valence-corrected chi connectivity index (χ4v) is 1.89. The van der Waals surface area contributed by atoms with Crippen molar-refractivity contribution in [2.45, 2.75) is 19.3 Å². The van der Waals surface area contributed by atoms with Crippen LogP contribution in [0.15, 0.2) is 54.6 Å². The van der Waals surface area contributed by atoms with Crippen molar-refractivity contribution in [1.29, 1.82) is 0 Å². The molecular weight excluding hydrogens is 251 g/mol. The van der Waals surface area contributed by atoms with Crippen LogP contribution in [-0.2, 0) is 19.3 Å². The monoisotopic (exact) mass is 265 g/mol. The van der Waals surface area contributed by atoms with E-state index in [1.54, 1.807) is 6.07 Å². The Morgan fingerprint density at radius 3 is 2.11 bits per heavy atom. The molecule has 2 rings (SSSR count). The van der Waals surface area contributed by atoms with Gasteiger partial charge in [0.1, 0.15) is 0 Å². The fraction of sp³-hybridized carbons (Fsp3) is 0.200. The molecule has 2 aromatic rings. The lowest BCUT2D eigenvalue weighted by Gasteiger charge is -2.13. The van der Waals surface area contributed by atoms with E-state index in [9.17, 15) is 13.2 Å². The second kappa shape index (κ2) is 5.89. The smallest absolute Gasteiger partial charge is 0.309 e. The molecule has 0 unspecified atom stereocenters. The Labute approximate surface area is 110 Å². The molecule has 2 aromatic carbocycles. The fourth-order valence-electron chi connectivity index (χ4n) is 1.89. The van der Waals surface area contributed by atoms with Gasteiger partial charge in [-0.2, -0.15) is 13.2 Å². The Hall–Kier alpha value is -1.81. The van der Waals surface area contributed by atoms with Crippen LogP contribution >= 0.6 is 0 Å². The SMILES string of the molecule is FC(F)(F)c1ccccc1CNCc1ccccc1. The van der Waals surface area contributed by atoms with Gasteiger partial charge in [0.05, 0.1) is 5.56 Å². The Bertz CT molecular complexity index is 520. The molecule has 0 atom stereocenters. The van der Waals surface area contributed by atoms with Crippen molar-refractivity contribution in [2.75, 3.05) is 0 Å². The van der Waals surface area contributed by atoms with Crippen molar-refractivity contribution in [1.82, 2.24) is 5.32 Å². The van der Waals surface area contributed by atoms with Gasteiger partial charge >= 0.3 is 6.18 Å². The number of benzene rings is 2. The van der Waals surface area contributed by atoms with Crippen LogP contribution in [0.3, 0.4) is 0 Å². The van der Waals surface area contributed by atoms with Crippen molar-refractivity contribution in [3.05, 3.63) is 71.3 Å². The van der Waals surface area contributed by atoms with E-state index in [1.807, 2.05) is 30.3 Å². The van der Waals surface area contributed by atoms with Crippen LogP contribution < -0.4 is 5.32 Å². The molecule has 0 saturated heterocycles. The quantitative estimate of drug-likeness (QED) is 0.881. The second-order valence-corrected chi connectivity index (χ2v) is 4.24. The molecular formula is C15H14F3N. The van der Waals surface area contributed by atoms with Gasteiger partial charge in [0.15, 0.2) is 0 Å². The summed E-state index contributed by atoms with van der Waals surface area (Å²) in [6.07, 6.45) is -4.30. The normalized spacial score (nSPS) is 11.5. The summed E-state index contributed by atoms with van der Waals surface area (Å²) in [6, 6.07) is 15.2. The van der Waals surface area contributed by atoms with E-state index in [0.717, 1.165) is 11.6 Å². The molecule has 0 aliphatic carbocycles. The van der Waals surface area contributed by atoms with Crippen molar-refractivity contribution in [3.63, 3.8) is 0 Å². The molecule has 0 aliphatic heterocycles.